The number of hydrogen-bond acceptors (Lipinski definition) is 5. The predicted octanol–water partition coefficient (Wildman–Crippen LogP) is 17.7. The van der Waals surface area contributed by atoms with Crippen molar-refractivity contribution in [2.24, 2.45) is 0 Å². The van der Waals surface area contributed by atoms with E-state index >= 15 is 0 Å². The quantitative estimate of drug-likeness (QED) is 0.121. The van der Waals surface area contributed by atoms with Crippen molar-refractivity contribution in [1.82, 2.24) is 33.2 Å². The first-order valence-corrected chi connectivity index (χ1v) is 28.5. The van der Waals surface area contributed by atoms with Crippen molar-refractivity contribution in [2.75, 3.05) is 0 Å². The molecule has 10 heteroatoms. The molecule has 85 heavy (non-hydrogen) atoms. The van der Waals surface area contributed by atoms with Crippen molar-refractivity contribution in [2.45, 2.75) is 6.54 Å². The Morgan fingerprint density at radius 2 is 0.729 bits per heavy atom. The van der Waals surface area contributed by atoms with E-state index in [2.05, 4.69) is 260 Å². The number of pyridine rings is 1. The van der Waals surface area contributed by atoms with Gasteiger partial charge in [-0.15, -0.1) is 0 Å². The van der Waals surface area contributed by atoms with Crippen molar-refractivity contribution in [3.63, 3.8) is 0 Å². The summed E-state index contributed by atoms with van der Waals surface area (Å²) in [5.74, 6) is 5.05. The molecule has 11 aromatic carbocycles. The van der Waals surface area contributed by atoms with Gasteiger partial charge in [0.1, 0.15) is 40.5 Å². The highest BCUT2D eigenvalue weighted by Gasteiger charge is 2.27. The largest absolute Gasteiger partial charge is 0.457 e. The minimum absolute atomic E-state index is 0.630. The van der Waals surface area contributed by atoms with Gasteiger partial charge in [0, 0.05) is 80.4 Å². The lowest BCUT2D eigenvalue weighted by Crippen LogP contribution is -2.31. The van der Waals surface area contributed by atoms with Gasteiger partial charge in [0.05, 0.1) is 55.4 Å². The van der Waals surface area contributed by atoms with E-state index in [4.69, 9.17) is 24.4 Å². The molecule has 10 nitrogen and oxygen atoms in total. The number of para-hydroxylation sites is 10. The number of rotatable bonds is 11. The molecule has 0 atom stereocenters. The van der Waals surface area contributed by atoms with Gasteiger partial charge in [-0.25, -0.2) is 15.0 Å². The second kappa shape index (κ2) is 19.5. The number of imidazole rings is 3. The van der Waals surface area contributed by atoms with Crippen LogP contribution < -0.4 is 14.0 Å². The van der Waals surface area contributed by atoms with Crippen molar-refractivity contribution < 1.29 is 14.0 Å². The van der Waals surface area contributed by atoms with Gasteiger partial charge in [-0.1, -0.05) is 109 Å². The van der Waals surface area contributed by atoms with Crippen molar-refractivity contribution in [3.8, 4) is 91.2 Å². The SMILES string of the molecule is c1ccc(-n2c(-c3cc(-c4nc5ccccc5n4-c4ccccc4)cc(-c4nc5ccccc5n4-c4ccc(Oc5cc(Oc6ccc7c(c6)-c6cccc[n+]6C7)cc(-n6c7ccccc7c7ccccc76)c5)cc4)c3)nc3ccccc32)cc1. The summed E-state index contributed by atoms with van der Waals surface area (Å²) in [6.07, 6.45) is 2.13. The molecule has 0 saturated carbocycles. The van der Waals surface area contributed by atoms with Crippen LogP contribution in [0.5, 0.6) is 23.0 Å². The van der Waals surface area contributed by atoms with Gasteiger partial charge >= 0.3 is 0 Å². The number of aromatic nitrogens is 8. The van der Waals surface area contributed by atoms with Crippen LogP contribution in [0.15, 0.2) is 285 Å². The number of ether oxygens (including phenoxy) is 2. The molecule has 0 spiro atoms. The first-order valence-electron chi connectivity index (χ1n) is 28.5. The normalized spacial score (nSPS) is 12.0. The predicted molar refractivity (Wildman–Crippen MR) is 339 cm³/mol. The lowest BCUT2D eigenvalue weighted by atomic mass is 10.0. The fourth-order valence-corrected chi connectivity index (χ4v) is 12.6. The maximum Gasteiger partial charge on any atom is 0.213 e. The monoisotopic (exact) mass is 1090 g/mol. The lowest BCUT2D eigenvalue weighted by molar-refractivity contribution is -0.672. The molecule has 0 fully saturated rings. The van der Waals surface area contributed by atoms with Crippen molar-refractivity contribution >= 4 is 54.9 Å². The zero-order valence-corrected chi connectivity index (χ0v) is 45.7. The molecule has 5 aromatic heterocycles. The molecule has 0 amide bonds. The minimum Gasteiger partial charge on any atom is -0.457 e. The van der Waals surface area contributed by atoms with Gasteiger partial charge in [-0.2, -0.15) is 4.57 Å². The molecule has 0 aliphatic carbocycles. The Balaban J connectivity index is 0.804. The Labute approximate surface area is 488 Å². The van der Waals surface area contributed by atoms with Crippen molar-refractivity contribution in [1.29, 1.82) is 0 Å². The van der Waals surface area contributed by atoms with E-state index in [1.54, 1.807) is 0 Å². The van der Waals surface area contributed by atoms with Gasteiger partial charge in [0.15, 0.2) is 12.7 Å². The van der Waals surface area contributed by atoms with Gasteiger partial charge < -0.3 is 14.0 Å². The maximum absolute atomic E-state index is 6.95. The van der Waals surface area contributed by atoms with Crippen LogP contribution in [0.1, 0.15) is 5.56 Å². The Hall–Kier alpha value is -11.6. The highest BCUT2D eigenvalue weighted by molar-refractivity contribution is 6.09. The van der Waals surface area contributed by atoms with Crippen LogP contribution in [-0.4, -0.2) is 33.2 Å². The first kappa shape index (κ1) is 48.1. The third-order valence-corrected chi connectivity index (χ3v) is 16.3. The average Bonchev–Trinajstić information content (AvgIpc) is 3.71. The van der Waals surface area contributed by atoms with Gasteiger partial charge in [-0.3, -0.25) is 13.7 Å². The highest BCUT2D eigenvalue weighted by Crippen LogP contribution is 2.42. The number of nitrogens with zero attached hydrogens (tertiary/aromatic N) is 8. The molecule has 0 unspecified atom stereocenters. The topological polar surface area (TPSA) is 80.7 Å². The summed E-state index contributed by atoms with van der Waals surface area (Å²) in [7, 11) is 0. The average molecular weight is 1090 g/mol. The molecular formula is C75H49N8O2+. The molecule has 0 N–H and O–H groups in total. The summed E-state index contributed by atoms with van der Waals surface area (Å²) >= 11 is 0. The fourth-order valence-electron chi connectivity index (χ4n) is 12.6. The van der Waals surface area contributed by atoms with Crippen LogP contribution >= 0.6 is 0 Å². The van der Waals surface area contributed by atoms with E-state index in [1.165, 1.54) is 27.6 Å². The zero-order chi connectivity index (χ0) is 56.0. The molecule has 0 saturated heterocycles. The zero-order valence-electron chi connectivity index (χ0n) is 45.7. The van der Waals surface area contributed by atoms with E-state index in [-0.39, 0.29) is 0 Å². The molecule has 0 bridgehead atoms. The second-order valence-electron chi connectivity index (χ2n) is 21.5. The van der Waals surface area contributed by atoms with Crippen LogP contribution in [0, 0.1) is 0 Å². The molecule has 6 heterocycles. The van der Waals surface area contributed by atoms with Crippen LogP contribution in [0.2, 0.25) is 0 Å². The minimum atomic E-state index is 0.630. The molecule has 1 aliphatic rings. The highest BCUT2D eigenvalue weighted by atomic mass is 16.5. The second-order valence-corrected chi connectivity index (χ2v) is 21.5. The standard InChI is InChI=1S/C75H49N8O2/c1-3-19-53(20-4-1)81-70-31-14-9-25-64(70)76-73(81)50-41-51(74-77-65-26-10-15-32-71(65)82(74)54-21-5-2-6-22-54)43-52(42-50)75-78-66-27-11-16-33-72(66)83(75)55-35-38-57(39-36-55)84-59-44-56(80-68-29-12-7-23-61(68)62-24-8-13-30-69(62)80)45-60(46-59)85-58-37-34-49-48-79-40-18-17-28-67(79)63(49)47-58/h1-47H,48H2/q+1. The number of fused-ring (bicyclic) bond motifs is 9. The summed E-state index contributed by atoms with van der Waals surface area (Å²) in [5, 5.41) is 2.34. The number of benzene rings is 11. The third kappa shape index (κ3) is 8.18. The summed E-state index contributed by atoms with van der Waals surface area (Å²) in [6.45, 7) is 0.831. The van der Waals surface area contributed by atoms with E-state index < -0.39 is 0 Å². The number of hydrogen-bond donors (Lipinski definition) is 0. The third-order valence-electron chi connectivity index (χ3n) is 16.3. The molecule has 1 aliphatic heterocycles. The van der Waals surface area contributed by atoms with Crippen LogP contribution in [0.4, 0.5) is 0 Å². The van der Waals surface area contributed by atoms with E-state index in [0.717, 1.165) is 113 Å². The maximum atomic E-state index is 6.95. The van der Waals surface area contributed by atoms with Gasteiger partial charge in [0.2, 0.25) is 5.69 Å². The summed E-state index contributed by atoms with van der Waals surface area (Å²) in [4.78, 5) is 16.3. The van der Waals surface area contributed by atoms with Gasteiger partial charge in [0.25, 0.3) is 0 Å². The molecule has 400 valence electrons. The van der Waals surface area contributed by atoms with Crippen LogP contribution in [-0.2, 0) is 6.54 Å². The molecular weight excluding hydrogens is 1040 g/mol. The Bertz CT molecular complexity index is 5100. The Kier molecular flexibility index (Phi) is 11.1. The van der Waals surface area contributed by atoms with Crippen molar-refractivity contribution in [3.05, 3.63) is 291 Å². The first-order chi connectivity index (χ1) is 42.1. The van der Waals surface area contributed by atoms with Crippen LogP contribution in [0.3, 0.4) is 0 Å². The smallest absolute Gasteiger partial charge is 0.213 e. The molecule has 17 rings (SSSR count). The Morgan fingerprint density at radius 3 is 1.25 bits per heavy atom. The van der Waals surface area contributed by atoms with Gasteiger partial charge in [-0.05, 0) is 140 Å². The Morgan fingerprint density at radius 1 is 0.306 bits per heavy atom. The lowest BCUT2D eigenvalue weighted by Gasteiger charge is -2.16. The fraction of sp³-hybridized carbons (Fsp3) is 0.0133. The van der Waals surface area contributed by atoms with E-state index in [9.17, 15) is 0 Å². The summed E-state index contributed by atoms with van der Waals surface area (Å²) in [5.41, 5.74) is 18.0. The van der Waals surface area contributed by atoms with E-state index in [0.29, 0.717) is 17.2 Å². The molecule has 0 radical (unpaired) electrons. The summed E-state index contributed by atoms with van der Waals surface area (Å²) < 4.78 is 25.1. The molecule has 16 aromatic rings. The van der Waals surface area contributed by atoms with Crippen LogP contribution in [0.25, 0.3) is 123 Å². The van der Waals surface area contributed by atoms with E-state index in [1.807, 2.05) is 48.5 Å². The summed E-state index contributed by atoms with van der Waals surface area (Å²) in [6, 6.07) is 96.8.